The molecule has 0 radical (unpaired) electrons. The van der Waals surface area contributed by atoms with Gasteiger partial charge in [0.15, 0.2) is 0 Å². The number of carbonyl (C=O) groups is 1. The van der Waals surface area contributed by atoms with Crippen molar-refractivity contribution in [2.24, 2.45) is 11.7 Å². The van der Waals surface area contributed by atoms with Crippen molar-refractivity contribution in [3.63, 3.8) is 0 Å². The van der Waals surface area contributed by atoms with E-state index in [-0.39, 0.29) is 10.9 Å². The predicted molar refractivity (Wildman–Crippen MR) is 86.6 cm³/mol. The maximum absolute atomic E-state index is 12.4. The largest absolute Gasteiger partial charge is 0.393 e. The quantitative estimate of drug-likeness (QED) is 0.766. The first-order valence-electron chi connectivity index (χ1n) is 6.64. The summed E-state index contributed by atoms with van der Waals surface area (Å²) in [5.41, 5.74) is 6.82. The number of hydrogen-bond donors (Lipinski definition) is 1. The molecule has 0 heterocycles. The molecular weight excluding hydrogens is 270 g/mol. The van der Waals surface area contributed by atoms with Crippen molar-refractivity contribution in [2.75, 3.05) is 34.2 Å². The van der Waals surface area contributed by atoms with Gasteiger partial charge in [-0.15, -0.1) is 0 Å². The number of amides is 1. The first-order valence-corrected chi connectivity index (χ1v) is 7.05. The van der Waals surface area contributed by atoms with Crippen molar-refractivity contribution in [1.29, 1.82) is 0 Å². The molecule has 0 fully saturated rings. The van der Waals surface area contributed by atoms with E-state index in [4.69, 9.17) is 18.0 Å². The molecule has 20 heavy (non-hydrogen) atoms. The Balaban J connectivity index is 2.70. The zero-order valence-corrected chi connectivity index (χ0v) is 13.2. The minimum atomic E-state index is -0.431. The topological polar surface area (TPSA) is 49.6 Å². The molecule has 110 valence electrons. The molecule has 0 saturated heterocycles. The highest BCUT2D eigenvalue weighted by molar-refractivity contribution is 7.80. The normalized spacial score (nSPS) is 12.2. The van der Waals surface area contributed by atoms with Crippen LogP contribution in [0.15, 0.2) is 30.3 Å². The highest BCUT2D eigenvalue weighted by atomic mass is 32.1. The fourth-order valence-corrected chi connectivity index (χ4v) is 2.07. The van der Waals surface area contributed by atoms with Crippen LogP contribution >= 0.6 is 12.2 Å². The molecular formula is C15H23N3OS. The fraction of sp³-hybridized carbons (Fsp3) is 0.467. The second kappa shape index (κ2) is 7.97. The molecule has 1 aromatic rings. The summed E-state index contributed by atoms with van der Waals surface area (Å²) in [6, 6.07) is 9.82. The van der Waals surface area contributed by atoms with Crippen molar-refractivity contribution < 1.29 is 4.79 Å². The first kappa shape index (κ1) is 16.6. The summed E-state index contributed by atoms with van der Waals surface area (Å²) >= 11 is 5.07. The van der Waals surface area contributed by atoms with E-state index in [0.717, 1.165) is 12.1 Å². The lowest BCUT2D eigenvalue weighted by Crippen LogP contribution is -2.42. The summed E-state index contributed by atoms with van der Waals surface area (Å²) in [7, 11) is 5.75. The van der Waals surface area contributed by atoms with Crippen LogP contribution in [0, 0.1) is 5.92 Å². The molecule has 4 nitrogen and oxygen atoms in total. The zero-order chi connectivity index (χ0) is 15.1. The second-order valence-electron chi connectivity index (χ2n) is 5.21. The van der Waals surface area contributed by atoms with Gasteiger partial charge < -0.3 is 15.5 Å². The van der Waals surface area contributed by atoms with Gasteiger partial charge >= 0.3 is 0 Å². The summed E-state index contributed by atoms with van der Waals surface area (Å²) in [5.74, 6) is -0.442. The third kappa shape index (κ3) is 5.27. The molecule has 1 unspecified atom stereocenters. The molecule has 0 saturated carbocycles. The van der Waals surface area contributed by atoms with E-state index < -0.39 is 5.92 Å². The number of likely N-dealkylation sites (N-methyl/N-ethyl adjacent to an activating group) is 2. The number of hydrogen-bond acceptors (Lipinski definition) is 3. The van der Waals surface area contributed by atoms with E-state index in [1.54, 1.807) is 11.9 Å². The van der Waals surface area contributed by atoms with Crippen LogP contribution in [0.4, 0.5) is 0 Å². The van der Waals surface area contributed by atoms with Crippen LogP contribution in [0.3, 0.4) is 0 Å². The minimum Gasteiger partial charge on any atom is -0.393 e. The number of thiocarbonyl (C=S) groups is 1. The Morgan fingerprint density at radius 2 is 1.80 bits per heavy atom. The van der Waals surface area contributed by atoms with Gasteiger partial charge in [0.05, 0.1) is 10.9 Å². The van der Waals surface area contributed by atoms with Gasteiger partial charge in [0.1, 0.15) is 0 Å². The average Bonchev–Trinajstić information content (AvgIpc) is 2.42. The Morgan fingerprint density at radius 3 is 2.30 bits per heavy atom. The van der Waals surface area contributed by atoms with Crippen LogP contribution in [-0.4, -0.2) is 54.9 Å². The zero-order valence-electron chi connectivity index (χ0n) is 12.4. The molecule has 5 heteroatoms. The Morgan fingerprint density at radius 1 is 1.20 bits per heavy atom. The SMILES string of the molecule is CN(C)CCN(C)C(=O)C(Cc1ccccc1)C(N)=S. The van der Waals surface area contributed by atoms with Gasteiger partial charge in [-0.05, 0) is 26.1 Å². The number of benzene rings is 1. The van der Waals surface area contributed by atoms with Crippen LogP contribution in [0.5, 0.6) is 0 Å². The molecule has 1 rings (SSSR count). The molecule has 0 bridgehead atoms. The van der Waals surface area contributed by atoms with Gasteiger partial charge in [0, 0.05) is 20.1 Å². The molecule has 0 aromatic heterocycles. The highest BCUT2D eigenvalue weighted by Gasteiger charge is 2.24. The molecule has 0 aliphatic rings. The van der Waals surface area contributed by atoms with Crippen LogP contribution in [0.2, 0.25) is 0 Å². The molecule has 1 aromatic carbocycles. The van der Waals surface area contributed by atoms with Gasteiger partial charge in [-0.3, -0.25) is 4.79 Å². The van der Waals surface area contributed by atoms with Crippen LogP contribution < -0.4 is 5.73 Å². The van der Waals surface area contributed by atoms with E-state index in [9.17, 15) is 4.79 Å². The van der Waals surface area contributed by atoms with E-state index in [1.807, 2.05) is 49.3 Å². The van der Waals surface area contributed by atoms with Crippen molar-refractivity contribution in [1.82, 2.24) is 9.80 Å². The maximum Gasteiger partial charge on any atom is 0.232 e. The van der Waals surface area contributed by atoms with E-state index in [2.05, 4.69) is 0 Å². The lowest BCUT2D eigenvalue weighted by Gasteiger charge is -2.24. The summed E-state index contributed by atoms with van der Waals surface area (Å²) in [6.45, 7) is 1.48. The summed E-state index contributed by atoms with van der Waals surface area (Å²) < 4.78 is 0. The van der Waals surface area contributed by atoms with Gasteiger partial charge in [0.25, 0.3) is 0 Å². The maximum atomic E-state index is 12.4. The lowest BCUT2D eigenvalue weighted by molar-refractivity contribution is -0.132. The predicted octanol–water partition coefficient (Wildman–Crippen LogP) is 1.15. The Hall–Kier alpha value is -1.46. The smallest absolute Gasteiger partial charge is 0.232 e. The second-order valence-corrected chi connectivity index (χ2v) is 5.68. The van der Waals surface area contributed by atoms with Gasteiger partial charge in [0.2, 0.25) is 5.91 Å². The van der Waals surface area contributed by atoms with Crippen molar-refractivity contribution >= 4 is 23.1 Å². The van der Waals surface area contributed by atoms with Crippen LogP contribution in [-0.2, 0) is 11.2 Å². The fourth-order valence-electron chi connectivity index (χ4n) is 1.89. The third-order valence-electron chi connectivity index (χ3n) is 3.18. The summed E-state index contributed by atoms with van der Waals surface area (Å²) in [4.78, 5) is 16.4. The first-order chi connectivity index (χ1) is 9.41. The van der Waals surface area contributed by atoms with Crippen molar-refractivity contribution in [2.45, 2.75) is 6.42 Å². The average molecular weight is 293 g/mol. The monoisotopic (exact) mass is 293 g/mol. The molecule has 0 spiro atoms. The molecule has 0 aliphatic carbocycles. The minimum absolute atomic E-state index is 0.0109. The van der Waals surface area contributed by atoms with E-state index >= 15 is 0 Å². The molecule has 1 atom stereocenters. The van der Waals surface area contributed by atoms with E-state index in [1.165, 1.54) is 0 Å². The van der Waals surface area contributed by atoms with Gasteiger partial charge in [-0.1, -0.05) is 42.5 Å². The Kier molecular flexibility index (Phi) is 6.61. The Bertz CT molecular complexity index is 448. The van der Waals surface area contributed by atoms with E-state index in [0.29, 0.717) is 13.0 Å². The highest BCUT2D eigenvalue weighted by Crippen LogP contribution is 2.12. The van der Waals surface area contributed by atoms with Crippen LogP contribution in [0.1, 0.15) is 5.56 Å². The molecule has 2 N–H and O–H groups in total. The third-order valence-corrected chi connectivity index (χ3v) is 3.47. The number of rotatable bonds is 7. The Labute approximate surface area is 126 Å². The van der Waals surface area contributed by atoms with Crippen molar-refractivity contribution in [3.8, 4) is 0 Å². The summed E-state index contributed by atoms with van der Waals surface area (Å²) in [6.07, 6.45) is 0.557. The van der Waals surface area contributed by atoms with Crippen LogP contribution in [0.25, 0.3) is 0 Å². The van der Waals surface area contributed by atoms with Gasteiger partial charge in [-0.25, -0.2) is 0 Å². The van der Waals surface area contributed by atoms with Crippen molar-refractivity contribution in [3.05, 3.63) is 35.9 Å². The molecule has 0 aliphatic heterocycles. The number of carbonyl (C=O) groups excluding carboxylic acids is 1. The molecule has 1 amide bonds. The lowest BCUT2D eigenvalue weighted by atomic mass is 9.98. The summed E-state index contributed by atoms with van der Waals surface area (Å²) in [5, 5.41) is 0. The standard InChI is InChI=1S/C15H23N3OS/c1-17(2)9-10-18(3)15(19)13(14(16)20)11-12-7-5-4-6-8-12/h4-8,13H,9-11H2,1-3H3,(H2,16,20). The number of nitrogens with zero attached hydrogens (tertiary/aromatic N) is 2. The van der Waals surface area contributed by atoms with Gasteiger partial charge in [-0.2, -0.15) is 0 Å². The number of nitrogens with two attached hydrogens (primary N) is 1.